The molecule has 0 atom stereocenters. The highest BCUT2D eigenvalue weighted by Crippen LogP contribution is 2.15. The first-order valence-corrected chi connectivity index (χ1v) is 4.26. The zero-order valence-electron chi connectivity index (χ0n) is 7.77. The molecule has 2 heteroatoms. The van der Waals surface area contributed by atoms with Gasteiger partial charge in [-0.1, -0.05) is 30.7 Å². The standard InChI is InChI=1S/C11H12F2/c1-3-8(2)7-9-5-4-6-10(12)11(9)13/h4-7H,3H2,1-2H3/b8-7-. The molecule has 0 heterocycles. The lowest BCUT2D eigenvalue weighted by Gasteiger charge is -1.99. The summed E-state index contributed by atoms with van der Waals surface area (Å²) in [5.74, 6) is -1.56. The van der Waals surface area contributed by atoms with Crippen LogP contribution in [0.5, 0.6) is 0 Å². The summed E-state index contributed by atoms with van der Waals surface area (Å²) in [7, 11) is 0. The van der Waals surface area contributed by atoms with Crippen molar-refractivity contribution < 1.29 is 8.78 Å². The average Bonchev–Trinajstić information content (AvgIpc) is 2.13. The molecule has 0 aliphatic carbocycles. The van der Waals surface area contributed by atoms with Crippen molar-refractivity contribution in [3.63, 3.8) is 0 Å². The quantitative estimate of drug-likeness (QED) is 0.653. The van der Waals surface area contributed by atoms with Crippen LogP contribution in [-0.2, 0) is 0 Å². The molecule has 0 radical (unpaired) electrons. The lowest BCUT2D eigenvalue weighted by molar-refractivity contribution is 0.507. The normalized spacial score (nSPS) is 11.8. The summed E-state index contributed by atoms with van der Waals surface area (Å²) in [5.41, 5.74) is 1.35. The molecule has 13 heavy (non-hydrogen) atoms. The second-order valence-electron chi connectivity index (χ2n) is 2.99. The number of rotatable bonds is 2. The molecular weight excluding hydrogens is 170 g/mol. The van der Waals surface area contributed by atoms with Gasteiger partial charge in [-0.25, -0.2) is 8.78 Å². The fourth-order valence-corrected chi connectivity index (χ4v) is 0.999. The van der Waals surface area contributed by atoms with Gasteiger partial charge in [0.15, 0.2) is 11.6 Å². The molecule has 0 unspecified atom stereocenters. The van der Waals surface area contributed by atoms with Crippen LogP contribution in [0.3, 0.4) is 0 Å². The van der Waals surface area contributed by atoms with E-state index < -0.39 is 11.6 Å². The van der Waals surface area contributed by atoms with Crippen LogP contribution in [0, 0.1) is 11.6 Å². The topological polar surface area (TPSA) is 0 Å². The smallest absolute Gasteiger partial charge is 0.166 e. The average molecular weight is 182 g/mol. The summed E-state index contributed by atoms with van der Waals surface area (Å²) in [5, 5.41) is 0. The summed E-state index contributed by atoms with van der Waals surface area (Å²) in [6.07, 6.45) is 2.51. The van der Waals surface area contributed by atoms with Crippen molar-refractivity contribution >= 4 is 6.08 Å². The molecule has 0 aliphatic heterocycles. The van der Waals surface area contributed by atoms with Crippen molar-refractivity contribution in [3.8, 4) is 0 Å². The van der Waals surface area contributed by atoms with Gasteiger partial charge in [0, 0.05) is 5.56 Å². The number of hydrogen-bond acceptors (Lipinski definition) is 0. The minimum atomic E-state index is -0.794. The summed E-state index contributed by atoms with van der Waals surface area (Å²) in [6.45, 7) is 3.87. The minimum absolute atomic E-state index is 0.319. The van der Waals surface area contributed by atoms with Crippen molar-refractivity contribution in [1.29, 1.82) is 0 Å². The highest BCUT2D eigenvalue weighted by Gasteiger charge is 2.04. The lowest BCUT2D eigenvalue weighted by Crippen LogP contribution is -1.88. The van der Waals surface area contributed by atoms with E-state index in [0.29, 0.717) is 5.56 Å². The van der Waals surface area contributed by atoms with Crippen LogP contribution < -0.4 is 0 Å². The SMILES string of the molecule is CC/C(C)=C\c1cccc(F)c1F. The van der Waals surface area contributed by atoms with Gasteiger partial charge in [0.2, 0.25) is 0 Å². The zero-order valence-corrected chi connectivity index (χ0v) is 7.77. The van der Waals surface area contributed by atoms with Crippen LogP contribution in [-0.4, -0.2) is 0 Å². The van der Waals surface area contributed by atoms with Crippen molar-refractivity contribution in [2.75, 3.05) is 0 Å². The van der Waals surface area contributed by atoms with Crippen molar-refractivity contribution in [2.24, 2.45) is 0 Å². The molecule has 0 amide bonds. The molecule has 70 valence electrons. The molecule has 0 saturated carbocycles. The third-order valence-electron chi connectivity index (χ3n) is 1.94. The van der Waals surface area contributed by atoms with E-state index in [0.717, 1.165) is 18.1 Å². The fraction of sp³-hybridized carbons (Fsp3) is 0.273. The molecule has 0 spiro atoms. The summed E-state index contributed by atoms with van der Waals surface area (Å²) in [4.78, 5) is 0. The minimum Gasteiger partial charge on any atom is -0.204 e. The van der Waals surface area contributed by atoms with E-state index in [-0.39, 0.29) is 0 Å². The second kappa shape index (κ2) is 4.17. The number of allylic oxidation sites excluding steroid dienone is 1. The summed E-state index contributed by atoms with van der Waals surface area (Å²) >= 11 is 0. The first-order valence-electron chi connectivity index (χ1n) is 4.26. The molecular formula is C11H12F2. The molecule has 0 fully saturated rings. The van der Waals surface area contributed by atoms with Crippen LogP contribution in [0.4, 0.5) is 8.78 Å². The van der Waals surface area contributed by atoms with Gasteiger partial charge in [0.1, 0.15) is 0 Å². The Morgan fingerprint density at radius 2 is 2.08 bits per heavy atom. The van der Waals surface area contributed by atoms with Gasteiger partial charge >= 0.3 is 0 Å². The Labute approximate surface area is 76.9 Å². The van der Waals surface area contributed by atoms with Gasteiger partial charge in [-0.3, -0.25) is 0 Å². The van der Waals surface area contributed by atoms with Gasteiger partial charge in [-0.15, -0.1) is 0 Å². The predicted molar refractivity (Wildman–Crippen MR) is 50.3 cm³/mol. The highest BCUT2D eigenvalue weighted by molar-refractivity contribution is 5.52. The molecule has 0 nitrogen and oxygen atoms in total. The monoisotopic (exact) mass is 182 g/mol. The van der Waals surface area contributed by atoms with Crippen LogP contribution in [0.25, 0.3) is 6.08 Å². The Bertz CT molecular complexity index is 327. The third-order valence-corrected chi connectivity index (χ3v) is 1.94. The van der Waals surface area contributed by atoms with Crippen LogP contribution in [0.1, 0.15) is 25.8 Å². The largest absolute Gasteiger partial charge is 0.204 e. The Morgan fingerprint density at radius 1 is 1.38 bits per heavy atom. The van der Waals surface area contributed by atoms with E-state index in [1.165, 1.54) is 6.07 Å². The maximum Gasteiger partial charge on any atom is 0.166 e. The molecule has 1 aromatic carbocycles. The van der Waals surface area contributed by atoms with Crippen LogP contribution >= 0.6 is 0 Å². The first kappa shape index (κ1) is 9.90. The Hall–Kier alpha value is -1.18. The Balaban J connectivity index is 3.09. The van der Waals surface area contributed by atoms with E-state index in [9.17, 15) is 8.78 Å². The number of hydrogen-bond donors (Lipinski definition) is 0. The molecule has 1 rings (SSSR count). The first-order chi connectivity index (χ1) is 6.15. The molecule has 0 aliphatic rings. The fourth-order valence-electron chi connectivity index (χ4n) is 0.999. The number of halogens is 2. The number of benzene rings is 1. The predicted octanol–water partition coefficient (Wildman–Crippen LogP) is 3.78. The second-order valence-corrected chi connectivity index (χ2v) is 2.99. The van der Waals surface area contributed by atoms with Crippen molar-refractivity contribution in [2.45, 2.75) is 20.3 Å². The molecule has 0 N–H and O–H groups in total. The van der Waals surface area contributed by atoms with Crippen molar-refractivity contribution in [1.82, 2.24) is 0 Å². The van der Waals surface area contributed by atoms with Crippen LogP contribution in [0.15, 0.2) is 23.8 Å². The summed E-state index contributed by atoms with van der Waals surface area (Å²) < 4.78 is 25.8. The lowest BCUT2D eigenvalue weighted by atomic mass is 10.1. The highest BCUT2D eigenvalue weighted by atomic mass is 19.2. The van der Waals surface area contributed by atoms with Crippen molar-refractivity contribution in [3.05, 3.63) is 41.0 Å². The van der Waals surface area contributed by atoms with Gasteiger partial charge < -0.3 is 0 Å². The van der Waals surface area contributed by atoms with Gasteiger partial charge in [-0.05, 0) is 19.4 Å². The van der Waals surface area contributed by atoms with Gasteiger partial charge in [0.05, 0.1) is 0 Å². The summed E-state index contributed by atoms with van der Waals surface area (Å²) in [6, 6.07) is 4.19. The molecule has 0 bridgehead atoms. The molecule has 1 aromatic rings. The maximum absolute atomic E-state index is 13.1. The third kappa shape index (κ3) is 2.38. The van der Waals surface area contributed by atoms with E-state index in [1.54, 1.807) is 12.1 Å². The zero-order chi connectivity index (χ0) is 9.84. The van der Waals surface area contributed by atoms with E-state index in [2.05, 4.69) is 0 Å². The Kier molecular flexibility index (Phi) is 3.18. The van der Waals surface area contributed by atoms with E-state index in [4.69, 9.17) is 0 Å². The van der Waals surface area contributed by atoms with Gasteiger partial charge in [-0.2, -0.15) is 0 Å². The van der Waals surface area contributed by atoms with Crippen LogP contribution in [0.2, 0.25) is 0 Å². The van der Waals surface area contributed by atoms with E-state index in [1.807, 2.05) is 13.8 Å². The Morgan fingerprint density at radius 3 is 2.69 bits per heavy atom. The van der Waals surface area contributed by atoms with E-state index >= 15 is 0 Å². The van der Waals surface area contributed by atoms with Gasteiger partial charge in [0.25, 0.3) is 0 Å². The molecule has 0 aromatic heterocycles. The maximum atomic E-state index is 13.1. The molecule has 0 saturated heterocycles.